The third-order valence-corrected chi connectivity index (χ3v) is 13.5. The molecule has 0 saturated heterocycles. The summed E-state index contributed by atoms with van der Waals surface area (Å²) in [5, 5.41) is 53.6. The van der Waals surface area contributed by atoms with E-state index in [4.69, 9.17) is 4.98 Å². The van der Waals surface area contributed by atoms with Crippen LogP contribution < -0.4 is 0 Å². The Hall–Kier alpha value is -10.8. The highest BCUT2D eigenvalue weighted by Gasteiger charge is 2.23. The van der Waals surface area contributed by atoms with Gasteiger partial charge < -0.3 is 9.13 Å². The van der Waals surface area contributed by atoms with Crippen molar-refractivity contribution in [2.45, 2.75) is 0 Å². The first kappa shape index (κ1) is 42.5. The molecule has 0 spiro atoms. The van der Waals surface area contributed by atoms with Gasteiger partial charge in [-0.2, -0.15) is 26.3 Å². The number of pyridine rings is 1. The summed E-state index contributed by atoms with van der Waals surface area (Å²) < 4.78 is 4.49. The molecule has 9 aromatic carbocycles. The van der Waals surface area contributed by atoms with Crippen molar-refractivity contribution in [2.75, 3.05) is 0 Å². The zero-order valence-electron chi connectivity index (χ0n) is 38.2. The Kier molecular flexibility index (Phi) is 10.3. The van der Waals surface area contributed by atoms with Crippen molar-refractivity contribution in [3.63, 3.8) is 0 Å². The number of nitrogens with zero attached hydrogens (tertiary/aromatic N) is 8. The van der Waals surface area contributed by atoms with Crippen LogP contribution in [0.3, 0.4) is 0 Å². The topological polar surface area (TPSA) is 142 Å². The van der Waals surface area contributed by atoms with E-state index in [9.17, 15) is 26.3 Å². The fourth-order valence-corrected chi connectivity index (χ4v) is 10.2. The average molecular weight is 915 g/mol. The van der Waals surface area contributed by atoms with Crippen molar-refractivity contribution >= 4 is 43.6 Å². The van der Waals surface area contributed by atoms with E-state index in [1.54, 1.807) is 30.5 Å². The van der Waals surface area contributed by atoms with Crippen LogP contribution >= 0.6 is 0 Å². The number of aromatic nitrogens is 3. The number of fused-ring (bicyclic) bond motifs is 6. The largest absolute Gasteiger partial charge is 0.309 e. The molecule has 330 valence electrons. The minimum absolute atomic E-state index is 0.488. The summed E-state index contributed by atoms with van der Waals surface area (Å²) in [6.07, 6.45) is 3.69. The lowest BCUT2D eigenvalue weighted by molar-refractivity contribution is 1.14. The van der Waals surface area contributed by atoms with Gasteiger partial charge in [-0.3, -0.25) is 4.98 Å². The van der Waals surface area contributed by atoms with Crippen molar-refractivity contribution in [2.24, 2.45) is 0 Å². The molecule has 0 aliphatic heterocycles. The fraction of sp³-hybridized carbons (Fsp3) is 0. The van der Waals surface area contributed by atoms with Crippen LogP contribution in [0.5, 0.6) is 0 Å². The Morgan fingerprint density at radius 3 is 0.986 bits per heavy atom. The lowest BCUT2D eigenvalue weighted by atomic mass is 9.99. The zero-order valence-corrected chi connectivity index (χ0v) is 38.2. The highest BCUT2D eigenvalue weighted by atomic mass is 15.0. The van der Waals surface area contributed by atoms with Gasteiger partial charge in [-0.25, -0.2) is 0 Å². The molecule has 0 saturated carbocycles. The number of benzene rings is 9. The summed E-state index contributed by atoms with van der Waals surface area (Å²) in [6, 6.07) is 75.3. The van der Waals surface area contributed by atoms with Crippen LogP contribution in [0, 0.1) is 56.7 Å². The lowest BCUT2D eigenvalue weighted by Crippen LogP contribution is -2.02. The van der Waals surface area contributed by atoms with Crippen LogP contribution in [0.1, 0.15) is 27.8 Å². The van der Waals surface area contributed by atoms with Gasteiger partial charge in [-0.05, 0) is 160 Å². The predicted molar refractivity (Wildman–Crippen MR) is 284 cm³/mol. The summed E-state index contributed by atoms with van der Waals surface area (Å²) in [4.78, 5) is 4.75. The Bertz CT molecular complexity index is 4250. The smallest absolute Gasteiger partial charge is 0.0992 e. The molecule has 3 heterocycles. The van der Waals surface area contributed by atoms with E-state index in [2.05, 4.69) is 112 Å². The summed E-state index contributed by atoms with van der Waals surface area (Å²) in [7, 11) is 0. The SMILES string of the molecule is N#Cc1cccc(-c2ccc3c(c2)c2cc(-c4cccc(C#N)c4)ccc2n3-c2ccncc2-c2ccc(C#N)cc2-n2c3ccc(-c4cccc(C#N)c4)cc3c3cc(-c4cccc(C#N)c4)ccc32)c1. The normalized spacial score (nSPS) is 11.0. The van der Waals surface area contributed by atoms with E-state index < -0.39 is 0 Å². The highest BCUT2D eigenvalue weighted by Crippen LogP contribution is 2.44. The quantitative estimate of drug-likeness (QED) is 0.156. The molecule has 0 radical (unpaired) electrons. The summed E-state index contributed by atoms with van der Waals surface area (Å²) in [5.41, 5.74) is 17.3. The van der Waals surface area contributed by atoms with Gasteiger partial charge in [0.15, 0.2) is 0 Å². The maximum absolute atomic E-state index is 10.5. The average Bonchev–Trinajstić information content (AvgIpc) is 3.96. The number of rotatable bonds is 7. The predicted octanol–water partition coefficient (Wildman–Crippen LogP) is 15.0. The minimum atomic E-state index is 0.488. The van der Waals surface area contributed by atoms with Crippen LogP contribution in [0.25, 0.3) is 111 Å². The van der Waals surface area contributed by atoms with Crippen LogP contribution in [-0.2, 0) is 0 Å². The molecule has 3 aromatic heterocycles. The number of hydrogen-bond donors (Lipinski definition) is 0. The molecule has 0 unspecified atom stereocenters. The second kappa shape index (κ2) is 17.4. The molecule has 0 bridgehead atoms. The molecule has 0 N–H and O–H groups in total. The molecule has 0 atom stereocenters. The zero-order chi connectivity index (χ0) is 48.9. The third-order valence-electron chi connectivity index (χ3n) is 13.5. The molecular weight excluding hydrogens is 881 g/mol. The molecule has 0 amide bonds. The Labute approximate surface area is 413 Å². The molecule has 12 aromatic rings. The van der Waals surface area contributed by atoms with Gasteiger partial charge in [0, 0.05) is 45.1 Å². The first-order valence-electron chi connectivity index (χ1n) is 23.1. The van der Waals surface area contributed by atoms with Gasteiger partial charge in [0.05, 0.1) is 91.6 Å². The van der Waals surface area contributed by atoms with E-state index in [0.717, 1.165) is 111 Å². The van der Waals surface area contributed by atoms with Crippen molar-refractivity contribution in [3.05, 3.63) is 234 Å². The Morgan fingerprint density at radius 1 is 0.292 bits per heavy atom. The Morgan fingerprint density at radius 2 is 0.625 bits per heavy atom. The molecule has 0 aliphatic rings. The van der Waals surface area contributed by atoms with E-state index in [-0.39, 0.29) is 0 Å². The maximum atomic E-state index is 10.5. The second-order valence-corrected chi connectivity index (χ2v) is 17.6. The first-order chi connectivity index (χ1) is 35.4. The summed E-state index contributed by atoms with van der Waals surface area (Å²) in [6.45, 7) is 0. The van der Waals surface area contributed by atoms with E-state index in [1.165, 1.54) is 0 Å². The number of hydrogen-bond acceptors (Lipinski definition) is 6. The van der Waals surface area contributed by atoms with Gasteiger partial charge in [0.2, 0.25) is 0 Å². The molecule has 0 fully saturated rings. The van der Waals surface area contributed by atoms with Crippen molar-refractivity contribution in [1.82, 2.24) is 14.1 Å². The molecule has 12 rings (SSSR count). The number of nitriles is 5. The van der Waals surface area contributed by atoms with Crippen LogP contribution in [0.4, 0.5) is 0 Å². The summed E-state index contributed by atoms with van der Waals surface area (Å²) in [5.74, 6) is 0. The molecule has 72 heavy (non-hydrogen) atoms. The van der Waals surface area contributed by atoms with Gasteiger partial charge in [0.1, 0.15) is 0 Å². The molecule has 8 heteroatoms. The maximum Gasteiger partial charge on any atom is 0.0992 e. The standard InChI is InChI=1S/C64H34N8/c65-34-40-5-1-9-45(25-40)49-14-19-59-54(30-49)55-31-50(46-10-2-6-41(26-46)35-66)15-20-60(55)71(59)63-23-24-70-39-58(63)53-18-13-44(38-69)29-64(53)72-61-21-16-51(47-11-3-7-42(27-47)36-67)32-56(61)57-33-52(17-22-62(57)72)48-12-4-8-43(28-48)37-68/h1-33,39H. The van der Waals surface area contributed by atoms with E-state index in [1.807, 2.05) is 103 Å². The monoisotopic (exact) mass is 914 g/mol. The van der Waals surface area contributed by atoms with Crippen LogP contribution in [-0.4, -0.2) is 14.1 Å². The van der Waals surface area contributed by atoms with Crippen LogP contribution in [0.2, 0.25) is 0 Å². The van der Waals surface area contributed by atoms with Gasteiger partial charge in [-0.15, -0.1) is 0 Å². The van der Waals surface area contributed by atoms with Crippen molar-refractivity contribution in [3.8, 4) is 97.4 Å². The first-order valence-corrected chi connectivity index (χ1v) is 23.1. The van der Waals surface area contributed by atoms with Crippen molar-refractivity contribution < 1.29 is 0 Å². The molecular formula is C64H34N8. The third kappa shape index (κ3) is 7.17. The fourth-order valence-electron chi connectivity index (χ4n) is 10.2. The molecule has 8 nitrogen and oxygen atoms in total. The minimum Gasteiger partial charge on any atom is -0.309 e. The van der Waals surface area contributed by atoms with Crippen molar-refractivity contribution in [1.29, 1.82) is 26.3 Å². The van der Waals surface area contributed by atoms with Gasteiger partial charge >= 0.3 is 0 Å². The second-order valence-electron chi connectivity index (χ2n) is 17.6. The molecule has 0 aliphatic carbocycles. The highest BCUT2D eigenvalue weighted by molar-refractivity contribution is 6.14. The lowest BCUT2D eigenvalue weighted by Gasteiger charge is -2.18. The van der Waals surface area contributed by atoms with Crippen LogP contribution in [0.15, 0.2) is 207 Å². The van der Waals surface area contributed by atoms with Gasteiger partial charge in [-0.1, -0.05) is 78.9 Å². The van der Waals surface area contributed by atoms with Gasteiger partial charge in [0.25, 0.3) is 0 Å². The van der Waals surface area contributed by atoms with E-state index >= 15 is 0 Å². The van der Waals surface area contributed by atoms with E-state index in [0.29, 0.717) is 27.8 Å². The summed E-state index contributed by atoms with van der Waals surface area (Å²) >= 11 is 0. The Balaban J connectivity index is 1.11.